The lowest BCUT2D eigenvalue weighted by Gasteiger charge is -2.39. The first kappa shape index (κ1) is 28.9. The molecule has 7 nitrogen and oxygen atoms in total. The van der Waals surface area contributed by atoms with E-state index >= 15 is 0 Å². The molecule has 1 aromatic carbocycles. The van der Waals surface area contributed by atoms with Crippen LogP contribution in [0.25, 0.3) is 6.08 Å². The minimum Gasteiger partial charge on any atom is -0.497 e. The zero-order chi connectivity index (χ0) is 28.3. The normalized spacial score (nSPS) is 20.6. The largest absolute Gasteiger partial charge is 0.497 e. The Kier molecular flexibility index (Phi) is 9.19. The van der Waals surface area contributed by atoms with Gasteiger partial charge >= 0.3 is 0 Å². The van der Waals surface area contributed by atoms with Crippen molar-refractivity contribution in [1.82, 2.24) is 9.47 Å². The van der Waals surface area contributed by atoms with Crippen molar-refractivity contribution in [1.29, 1.82) is 5.26 Å². The number of carbonyl (C=O) groups excluding carboxylic acids is 1. The van der Waals surface area contributed by atoms with Gasteiger partial charge in [0, 0.05) is 31.7 Å². The molecule has 2 aliphatic heterocycles. The van der Waals surface area contributed by atoms with E-state index in [-0.39, 0.29) is 17.0 Å². The van der Waals surface area contributed by atoms with Gasteiger partial charge in [0.05, 0.1) is 12.0 Å². The van der Waals surface area contributed by atoms with Gasteiger partial charge in [0.15, 0.2) is 0 Å². The van der Waals surface area contributed by atoms with Crippen LogP contribution in [0.15, 0.2) is 34.0 Å². The topological polar surface area (TPSA) is 78.6 Å². The number of carbonyl (C=O) groups is 1. The molecule has 2 saturated heterocycles. The lowest BCUT2D eigenvalue weighted by molar-refractivity contribution is -0.122. The summed E-state index contributed by atoms with van der Waals surface area (Å²) in [4.78, 5) is 31.4. The monoisotopic (exact) mass is 564 g/mol. The standard InChI is InChI=1S/C30H36N4O3S2/c1-6-12-33-27(32-17-19(2)14-20(3)18-32)24(21(4)25(16-31)28(33)35)15-26-29(36)34(30(38)39-26)13-11-22-7-9-23(37-5)10-8-22/h7-10,15,19-20H,6,11-14,17-18H2,1-5H3. The smallest absolute Gasteiger partial charge is 0.270 e. The zero-order valence-corrected chi connectivity index (χ0v) is 25.0. The molecule has 2 fully saturated rings. The minimum atomic E-state index is -0.262. The summed E-state index contributed by atoms with van der Waals surface area (Å²) in [7, 11) is 1.63. The number of amides is 1. The van der Waals surface area contributed by atoms with E-state index in [0.29, 0.717) is 46.1 Å². The predicted molar refractivity (Wildman–Crippen MR) is 162 cm³/mol. The molecule has 3 heterocycles. The molecule has 0 radical (unpaired) electrons. The first-order chi connectivity index (χ1) is 18.7. The Balaban J connectivity index is 1.73. The van der Waals surface area contributed by atoms with Crippen molar-refractivity contribution >= 4 is 46.1 Å². The molecule has 2 aromatic rings. The quantitative estimate of drug-likeness (QED) is 0.315. The number of nitriles is 1. The number of rotatable bonds is 8. The van der Waals surface area contributed by atoms with Gasteiger partial charge in [-0.25, -0.2) is 0 Å². The van der Waals surface area contributed by atoms with Crippen LogP contribution in [0.5, 0.6) is 5.75 Å². The number of nitrogens with zero attached hydrogens (tertiary/aromatic N) is 4. The molecule has 4 rings (SSSR count). The number of piperidine rings is 1. The molecule has 0 N–H and O–H groups in total. The van der Waals surface area contributed by atoms with Gasteiger partial charge in [-0.3, -0.25) is 19.1 Å². The fourth-order valence-corrected chi connectivity index (χ4v) is 6.90. The number of hydrogen-bond donors (Lipinski definition) is 0. The van der Waals surface area contributed by atoms with Crippen LogP contribution in [0.3, 0.4) is 0 Å². The Labute approximate surface area is 240 Å². The Hall–Kier alpha value is -3.09. The van der Waals surface area contributed by atoms with Gasteiger partial charge in [-0.05, 0) is 67.4 Å². The number of pyridine rings is 1. The summed E-state index contributed by atoms with van der Waals surface area (Å²) in [5.41, 5.74) is 2.33. The highest BCUT2D eigenvalue weighted by atomic mass is 32.2. The molecule has 0 bridgehead atoms. The number of hydrogen-bond acceptors (Lipinski definition) is 7. The number of methoxy groups -OCH3 is 1. The van der Waals surface area contributed by atoms with E-state index in [1.54, 1.807) is 16.6 Å². The van der Waals surface area contributed by atoms with Crippen molar-refractivity contribution in [2.45, 2.75) is 53.5 Å². The Morgan fingerprint density at radius 1 is 1.15 bits per heavy atom. The number of benzene rings is 1. The third-order valence-corrected chi connectivity index (χ3v) is 8.77. The number of anilines is 1. The average Bonchev–Trinajstić information content (AvgIpc) is 3.17. The molecule has 206 valence electrons. The van der Waals surface area contributed by atoms with Crippen molar-refractivity contribution in [3.8, 4) is 11.8 Å². The highest BCUT2D eigenvalue weighted by molar-refractivity contribution is 8.26. The fourth-order valence-electron chi connectivity index (χ4n) is 5.61. The molecule has 2 aliphatic rings. The molecule has 39 heavy (non-hydrogen) atoms. The summed E-state index contributed by atoms with van der Waals surface area (Å²) in [6.07, 6.45) is 4.41. The van der Waals surface area contributed by atoms with Crippen LogP contribution in [0, 0.1) is 30.1 Å². The van der Waals surface area contributed by atoms with Crippen LogP contribution in [0.2, 0.25) is 0 Å². The van der Waals surface area contributed by atoms with Gasteiger partial charge in [0.25, 0.3) is 11.5 Å². The summed E-state index contributed by atoms with van der Waals surface area (Å²) in [5.74, 6) is 2.39. The molecule has 9 heteroatoms. The second-order valence-electron chi connectivity index (χ2n) is 10.6. The predicted octanol–water partition coefficient (Wildman–Crippen LogP) is 5.37. The van der Waals surface area contributed by atoms with E-state index < -0.39 is 0 Å². The lowest BCUT2D eigenvalue weighted by atomic mass is 9.91. The third kappa shape index (κ3) is 6.07. The maximum absolute atomic E-state index is 13.6. The molecule has 2 unspecified atom stereocenters. The lowest BCUT2D eigenvalue weighted by Crippen LogP contribution is -2.43. The molecule has 0 saturated carbocycles. The van der Waals surface area contributed by atoms with Crippen LogP contribution in [-0.2, 0) is 17.8 Å². The fraction of sp³-hybridized carbons (Fsp3) is 0.467. The van der Waals surface area contributed by atoms with Crippen molar-refractivity contribution < 1.29 is 9.53 Å². The molecule has 0 spiro atoms. The van der Waals surface area contributed by atoms with Crippen molar-refractivity contribution in [2.75, 3.05) is 31.6 Å². The van der Waals surface area contributed by atoms with E-state index in [9.17, 15) is 14.9 Å². The van der Waals surface area contributed by atoms with E-state index in [4.69, 9.17) is 17.0 Å². The maximum Gasteiger partial charge on any atom is 0.270 e. The van der Waals surface area contributed by atoms with E-state index in [1.165, 1.54) is 11.8 Å². The van der Waals surface area contributed by atoms with Crippen molar-refractivity contribution in [2.24, 2.45) is 11.8 Å². The zero-order valence-electron chi connectivity index (χ0n) is 23.3. The highest BCUT2D eigenvalue weighted by Gasteiger charge is 2.34. The van der Waals surface area contributed by atoms with E-state index in [0.717, 1.165) is 48.6 Å². The minimum absolute atomic E-state index is 0.131. The highest BCUT2D eigenvalue weighted by Crippen LogP contribution is 2.37. The number of thioether (sulfide) groups is 1. The summed E-state index contributed by atoms with van der Waals surface area (Å²) in [6.45, 7) is 10.9. The van der Waals surface area contributed by atoms with Crippen LogP contribution in [0.1, 0.15) is 55.9 Å². The Bertz CT molecular complexity index is 1380. The van der Waals surface area contributed by atoms with Crippen LogP contribution in [0.4, 0.5) is 5.82 Å². The molecule has 0 aliphatic carbocycles. The third-order valence-electron chi connectivity index (χ3n) is 7.39. The Morgan fingerprint density at radius 2 is 1.82 bits per heavy atom. The Morgan fingerprint density at radius 3 is 2.41 bits per heavy atom. The van der Waals surface area contributed by atoms with Crippen LogP contribution >= 0.6 is 24.0 Å². The number of thiocarbonyl (C=S) groups is 1. The van der Waals surface area contributed by atoms with Crippen LogP contribution in [-0.4, -0.2) is 46.4 Å². The second kappa shape index (κ2) is 12.4. The summed E-state index contributed by atoms with van der Waals surface area (Å²) in [5, 5.41) is 9.90. The molecule has 1 amide bonds. The van der Waals surface area contributed by atoms with Gasteiger partial charge in [-0.15, -0.1) is 0 Å². The summed E-state index contributed by atoms with van der Waals surface area (Å²) < 4.78 is 7.49. The summed E-state index contributed by atoms with van der Waals surface area (Å²) in [6, 6.07) is 9.92. The van der Waals surface area contributed by atoms with Gasteiger partial charge in [-0.2, -0.15) is 5.26 Å². The summed E-state index contributed by atoms with van der Waals surface area (Å²) >= 11 is 6.89. The van der Waals surface area contributed by atoms with Crippen molar-refractivity contribution in [3.63, 3.8) is 0 Å². The molecule has 2 atom stereocenters. The average molecular weight is 565 g/mol. The molecular formula is C30H36N4O3S2. The van der Waals surface area contributed by atoms with Gasteiger partial charge in [0.1, 0.15) is 27.5 Å². The van der Waals surface area contributed by atoms with Crippen molar-refractivity contribution in [3.05, 3.63) is 61.8 Å². The first-order valence-corrected chi connectivity index (χ1v) is 14.7. The number of ether oxygens (including phenoxy) is 1. The molecular weight excluding hydrogens is 528 g/mol. The SMILES string of the molecule is CCCn1c(N2CC(C)CC(C)C2)c(C=C2SC(=S)N(CCc3ccc(OC)cc3)C2=O)c(C)c(C#N)c1=O. The van der Waals surface area contributed by atoms with Gasteiger partial charge in [-0.1, -0.05) is 56.9 Å². The van der Waals surface area contributed by atoms with Crippen LogP contribution < -0.4 is 15.2 Å². The van der Waals surface area contributed by atoms with Gasteiger partial charge < -0.3 is 9.64 Å². The van der Waals surface area contributed by atoms with E-state index in [2.05, 4.69) is 24.8 Å². The number of aromatic nitrogens is 1. The first-order valence-electron chi connectivity index (χ1n) is 13.5. The molecule has 1 aromatic heterocycles. The maximum atomic E-state index is 13.6. The second-order valence-corrected chi connectivity index (χ2v) is 12.3. The van der Waals surface area contributed by atoms with E-state index in [1.807, 2.05) is 44.2 Å². The van der Waals surface area contributed by atoms with Gasteiger partial charge in [0.2, 0.25) is 0 Å².